The Bertz CT molecular complexity index is 1450. The third-order valence-electron chi connectivity index (χ3n) is 7.95. The lowest BCUT2D eigenvalue weighted by Gasteiger charge is -2.39. The zero-order chi connectivity index (χ0) is 28.5. The molecule has 41 heavy (non-hydrogen) atoms. The van der Waals surface area contributed by atoms with Crippen LogP contribution >= 0.6 is 0 Å². The van der Waals surface area contributed by atoms with E-state index in [1.54, 1.807) is 48.5 Å². The second-order valence-electron chi connectivity index (χ2n) is 10.5. The first kappa shape index (κ1) is 27.1. The lowest BCUT2D eigenvalue weighted by Crippen LogP contribution is -2.49. The number of aromatic nitrogens is 1. The predicted octanol–water partition coefficient (Wildman–Crippen LogP) is 5.89. The van der Waals surface area contributed by atoms with Gasteiger partial charge < -0.3 is 19.4 Å². The van der Waals surface area contributed by atoms with Gasteiger partial charge in [0.1, 0.15) is 29.0 Å². The molecule has 0 radical (unpaired) electrons. The predicted molar refractivity (Wildman–Crippen MR) is 149 cm³/mol. The van der Waals surface area contributed by atoms with Crippen molar-refractivity contribution in [3.8, 4) is 11.5 Å². The van der Waals surface area contributed by atoms with Crippen LogP contribution in [0.2, 0.25) is 0 Å². The van der Waals surface area contributed by atoms with E-state index in [0.717, 1.165) is 50.2 Å². The molecule has 3 aromatic carbocycles. The highest BCUT2D eigenvalue weighted by molar-refractivity contribution is 5.94. The normalized spacial score (nSPS) is 16.6. The Morgan fingerprint density at radius 2 is 1.51 bits per heavy atom. The van der Waals surface area contributed by atoms with Crippen molar-refractivity contribution < 1.29 is 27.1 Å². The number of rotatable bonds is 8. The molecule has 2 aliphatic heterocycles. The van der Waals surface area contributed by atoms with E-state index in [-0.39, 0.29) is 0 Å². The second kappa shape index (κ2) is 11.1. The molecule has 0 saturated carbocycles. The molecule has 1 amide bonds. The lowest BCUT2D eigenvalue weighted by molar-refractivity contribution is -0.141. The molecule has 0 bridgehead atoms. The molecular formula is C31H31F3N4O3. The molecule has 1 N–H and O–H groups in total. The number of carbonyl (C=O) groups excluding carboxylic acids is 1. The van der Waals surface area contributed by atoms with Crippen LogP contribution in [0.1, 0.15) is 30.4 Å². The van der Waals surface area contributed by atoms with Gasteiger partial charge in [0.25, 0.3) is 6.01 Å². The quantitative estimate of drug-likeness (QED) is 0.269. The smallest absolute Gasteiger partial charge is 0.405 e. The largest absolute Gasteiger partial charge is 0.457 e. The van der Waals surface area contributed by atoms with E-state index in [1.165, 1.54) is 0 Å². The summed E-state index contributed by atoms with van der Waals surface area (Å²) >= 11 is 0. The van der Waals surface area contributed by atoms with Crippen molar-refractivity contribution in [2.45, 2.75) is 30.9 Å². The third kappa shape index (κ3) is 5.48. The molecule has 3 heterocycles. The van der Waals surface area contributed by atoms with Crippen LogP contribution in [0.25, 0.3) is 11.1 Å². The molecule has 1 aromatic heterocycles. The summed E-state index contributed by atoms with van der Waals surface area (Å²) in [5, 5.41) is 2.18. The van der Waals surface area contributed by atoms with Crippen LogP contribution in [0.5, 0.6) is 11.5 Å². The summed E-state index contributed by atoms with van der Waals surface area (Å²) in [4.78, 5) is 22.8. The SMILES string of the molecule is O=C(NCC(F)(F)F)C1(CCCCN2CCN(c3nc4ccccc4o3)CC2)c2ccccc2Oc2ccccc21. The Balaban J connectivity index is 1.14. The monoisotopic (exact) mass is 564 g/mol. The summed E-state index contributed by atoms with van der Waals surface area (Å²) in [6.45, 7) is 2.69. The van der Waals surface area contributed by atoms with Crippen LogP contribution in [0, 0.1) is 0 Å². The van der Waals surface area contributed by atoms with Gasteiger partial charge in [-0.05, 0) is 43.7 Å². The summed E-state index contributed by atoms with van der Waals surface area (Å²) in [7, 11) is 0. The van der Waals surface area contributed by atoms with Crippen molar-refractivity contribution in [3.05, 3.63) is 83.9 Å². The fraction of sp³-hybridized carbons (Fsp3) is 0.355. The van der Waals surface area contributed by atoms with Crippen molar-refractivity contribution >= 4 is 23.0 Å². The number of benzene rings is 3. The van der Waals surface area contributed by atoms with E-state index in [1.807, 2.05) is 24.3 Å². The summed E-state index contributed by atoms with van der Waals surface area (Å²) in [5.74, 6) is 0.317. The Kier molecular flexibility index (Phi) is 7.33. The number of oxazole rings is 1. The van der Waals surface area contributed by atoms with Gasteiger partial charge in [0.2, 0.25) is 5.91 Å². The average molecular weight is 565 g/mol. The number of halogens is 3. The highest BCUT2D eigenvalue weighted by Crippen LogP contribution is 2.50. The Hall–Kier alpha value is -4.05. The van der Waals surface area contributed by atoms with Crippen molar-refractivity contribution in [2.24, 2.45) is 0 Å². The number of hydrogen-bond acceptors (Lipinski definition) is 6. The summed E-state index contributed by atoms with van der Waals surface area (Å²) in [5.41, 5.74) is 1.50. The minimum Gasteiger partial charge on any atom is -0.457 e. The first-order chi connectivity index (χ1) is 19.8. The number of carbonyl (C=O) groups is 1. The molecule has 7 nitrogen and oxygen atoms in total. The fourth-order valence-electron chi connectivity index (χ4n) is 5.92. The number of nitrogens with one attached hydrogen (secondary N) is 1. The number of alkyl halides is 3. The number of nitrogens with zero attached hydrogens (tertiary/aromatic N) is 3. The standard InChI is InChI=1S/C31H31F3N4O3/c32-31(33,34)21-35-28(39)30(22-9-1-4-12-25(22)40-26-13-5-2-10-23(26)30)15-7-8-16-37-17-19-38(20-18-37)29-36-24-11-3-6-14-27(24)41-29/h1-6,9-14H,7-8,15-21H2,(H,35,39). The van der Waals surface area contributed by atoms with E-state index in [9.17, 15) is 18.0 Å². The minimum atomic E-state index is -4.51. The zero-order valence-corrected chi connectivity index (χ0v) is 22.5. The number of anilines is 1. The van der Waals surface area contributed by atoms with Gasteiger partial charge >= 0.3 is 6.18 Å². The summed E-state index contributed by atoms with van der Waals surface area (Å²) in [6, 6.07) is 22.6. The van der Waals surface area contributed by atoms with E-state index in [0.29, 0.717) is 41.5 Å². The number of ether oxygens (including phenoxy) is 1. The van der Waals surface area contributed by atoms with E-state index < -0.39 is 24.0 Å². The number of hydrogen-bond donors (Lipinski definition) is 1. The summed E-state index contributed by atoms with van der Waals surface area (Å²) < 4.78 is 51.4. The van der Waals surface area contributed by atoms with Crippen LogP contribution < -0.4 is 15.0 Å². The molecule has 1 saturated heterocycles. The van der Waals surface area contributed by atoms with Gasteiger partial charge in [-0.1, -0.05) is 55.0 Å². The highest BCUT2D eigenvalue weighted by Gasteiger charge is 2.48. The molecule has 6 rings (SSSR count). The van der Waals surface area contributed by atoms with Gasteiger partial charge in [0.05, 0.1) is 0 Å². The maximum Gasteiger partial charge on any atom is 0.405 e. The van der Waals surface area contributed by atoms with Gasteiger partial charge in [-0.25, -0.2) is 0 Å². The minimum absolute atomic E-state index is 0.358. The molecule has 0 spiro atoms. The number of fused-ring (bicyclic) bond motifs is 3. The van der Waals surface area contributed by atoms with Gasteiger partial charge in [0, 0.05) is 37.3 Å². The highest BCUT2D eigenvalue weighted by atomic mass is 19.4. The summed E-state index contributed by atoms with van der Waals surface area (Å²) in [6.07, 6.45) is -2.71. The zero-order valence-electron chi connectivity index (χ0n) is 22.5. The van der Waals surface area contributed by atoms with Gasteiger partial charge in [-0.3, -0.25) is 9.69 Å². The Morgan fingerprint density at radius 1 is 0.878 bits per heavy atom. The molecule has 0 atom stereocenters. The third-order valence-corrected chi connectivity index (χ3v) is 7.95. The Morgan fingerprint density at radius 3 is 2.17 bits per heavy atom. The van der Waals surface area contributed by atoms with Crippen molar-refractivity contribution in [2.75, 3.05) is 44.2 Å². The number of unbranched alkanes of at least 4 members (excludes halogenated alkanes) is 1. The maximum absolute atomic E-state index is 13.7. The van der Waals surface area contributed by atoms with Crippen LogP contribution in [0.4, 0.5) is 19.2 Å². The van der Waals surface area contributed by atoms with Crippen molar-refractivity contribution in [3.63, 3.8) is 0 Å². The topological polar surface area (TPSA) is 70.8 Å². The molecule has 2 aliphatic rings. The number of para-hydroxylation sites is 4. The number of amides is 1. The average Bonchev–Trinajstić information content (AvgIpc) is 3.42. The van der Waals surface area contributed by atoms with Crippen LogP contribution in [0.15, 0.2) is 77.2 Å². The molecule has 10 heteroatoms. The Labute approximate surface area is 235 Å². The van der Waals surface area contributed by atoms with E-state index in [4.69, 9.17) is 9.15 Å². The molecular weight excluding hydrogens is 533 g/mol. The van der Waals surface area contributed by atoms with Gasteiger partial charge in [0.15, 0.2) is 5.58 Å². The van der Waals surface area contributed by atoms with Crippen LogP contribution in [0.3, 0.4) is 0 Å². The van der Waals surface area contributed by atoms with Crippen molar-refractivity contribution in [1.82, 2.24) is 15.2 Å². The molecule has 1 fully saturated rings. The van der Waals surface area contributed by atoms with Crippen LogP contribution in [-0.4, -0.2) is 61.2 Å². The molecule has 0 aliphatic carbocycles. The van der Waals surface area contributed by atoms with Gasteiger partial charge in [-0.15, -0.1) is 0 Å². The lowest BCUT2D eigenvalue weighted by atomic mass is 9.68. The molecule has 0 unspecified atom stereocenters. The van der Waals surface area contributed by atoms with Crippen LogP contribution in [-0.2, 0) is 10.2 Å². The first-order valence-electron chi connectivity index (χ1n) is 13.9. The van der Waals surface area contributed by atoms with Gasteiger partial charge in [-0.2, -0.15) is 18.2 Å². The van der Waals surface area contributed by atoms with E-state index >= 15 is 0 Å². The first-order valence-corrected chi connectivity index (χ1v) is 13.9. The fourth-order valence-corrected chi connectivity index (χ4v) is 5.92. The maximum atomic E-state index is 13.7. The second-order valence-corrected chi connectivity index (χ2v) is 10.5. The van der Waals surface area contributed by atoms with E-state index in [2.05, 4.69) is 20.1 Å². The number of piperazine rings is 1. The van der Waals surface area contributed by atoms with Crippen molar-refractivity contribution in [1.29, 1.82) is 0 Å². The molecule has 4 aromatic rings. The molecule has 214 valence electrons.